The van der Waals surface area contributed by atoms with E-state index in [0.29, 0.717) is 24.5 Å². The number of hydrogen-bond donors (Lipinski definition) is 2. The lowest BCUT2D eigenvalue weighted by Gasteiger charge is -2.30. The van der Waals surface area contributed by atoms with Crippen LogP contribution < -0.4 is 20.1 Å². The van der Waals surface area contributed by atoms with Gasteiger partial charge in [0, 0.05) is 5.56 Å². The number of hydrogen-bond acceptors (Lipinski definition) is 4. The zero-order chi connectivity index (χ0) is 20.6. The van der Waals surface area contributed by atoms with E-state index in [2.05, 4.69) is 10.6 Å². The standard InChI is InChI=1S/C22H25N3O4/c1-14(15-8-9-19-17(10-15)24-20(26)12-28-19)23-21(27)25-11-16-6-4-5-7-18(16)29-22(2,3)13-25/h4-10,14H,11-13H2,1-3H3,(H,23,27)(H,24,26). The molecule has 0 saturated heterocycles. The average molecular weight is 395 g/mol. The van der Waals surface area contributed by atoms with Crippen molar-refractivity contribution in [2.45, 2.75) is 39.0 Å². The lowest BCUT2D eigenvalue weighted by Crippen LogP contribution is -2.47. The highest BCUT2D eigenvalue weighted by atomic mass is 16.5. The highest BCUT2D eigenvalue weighted by Crippen LogP contribution is 2.31. The van der Waals surface area contributed by atoms with Gasteiger partial charge in [-0.2, -0.15) is 0 Å². The molecule has 0 bridgehead atoms. The van der Waals surface area contributed by atoms with Crippen molar-refractivity contribution in [2.24, 2.45) is 0 Å². The highest BCUT2D eigenvalue weighted by molar-refractivity contribution is 5.95. The topological polar surface area (TPSA) is 79.9 Å². The maximum atomic E-state index is 13.0. The number of nitrogens with zero attached hydrogens (tertiary/aromatic N) is 1. The van der Waals surface area contributed by atoms with E-state index in [1.54, 1.807) is 4.90 Å². The Labute approximate surface area is 170 Å². The van der Waals surface area contributed by atoms with E-state index in [-0.39, 0.29) is 24.6 Å². The van der Waals surface area contributed by atoms with Gasteiger partial charge in [-0.15, -0.1) is 0 Å². The summed E-state index contributed by atoms with van der Waals surface area (Å²) in [5, 5.41) is 5.86. The molecule has 0 saturated carbocycles. The number of amides is 3. The summed E-state index contributed by atoms with van der Waals surface area (Å²) in [4.78, 5) is 26.4. The van der Waals surface area contributed by atoms with Gasteiger partial charge in [-0.05, 0) is 44.5 Å². The number of benzene rings is 2. The van der Waals surface area contributed by atoms with Gasteiger partial charge in [-0.3, -0.25) is 4.79 Å². The van der Waals surface area contributed by atoms with Crippen LogP contribution in [0.4, 0.5) is 10.5 Å². The minimum atomic E-state index is -0.499. The maximum absolute atomic E-state index is 13.0. The number of fused-ring (bicyclic) bond motifs is 2. The predicted molar refractivity (Wildman–Crippen MR) is 109 cm³/mol. The number of nitrogens with one attached hydrogen (secondary N) is 2. The molecule has 7 nitrogen and oxygen atoms in total. The van der Waals surface area contributed by atoms with Crippen molar-refractivity contribution in [3.05, 3.63) is 53.6 Å². The fourth-order valence-corrected chi connectivity index (χ4v) is 3.66. The Morgan fingerprint density at radius 1 is 1.21 bits per heavy atom. The van der Waals surface area contributed by atoms with Crippen molar-refractivity contribution in [1.82, 2.24) is 10.2 Å². The molecule has 2 aliphatic rings. The minimum absolute atomic E-state index is 0.0208. The zero-order valence-corrected chi connectivity index (χ0v) is 16.8. The fraction of sp³-hybridized carbons (Fsp3) is 0.364. The summed E-state index contributed by atoms with van der Waals surface area (Å²) in [6, 6.07) is 12.9. The van der Waals surface area contributed by atoms with Crippen LogP contribution in [0.2, 0.25) is 0 Å². The molecule has 29 heavy (non-hydrogen) atoms. The Balaban J connectivity index is 1.50. The van der Waals surface area contributed by atoms with E-state index in [4.69, 9.17) is 9.47 Å². The predicted octanol–water partition coefficient (Wildman–Crippen LogP) is 3.46. The third kappa shape index (κ3) is 4.13. The summed E-state index contributed by atoms with van der Waals surface area (Å²) in [5.74, 6) is 1.26. The third-order valence-corrected chi connectivity index (χ3v) is 5.06. The van der Waals surface area contributed by atoms with Crippen molar-refractivity contribution in [3.63, 3.8) is 0 Å². The second-order valence-corrected chi connectivity index (χ2v) is 8.09. The lowest BCUT2D eigenvalue weighted by atomic mass is 10.1. The van der Waals surface area contributed by atoms with Crippen molar-refractivity contribution >= 4 is 17.6 Å². The van der Waals surface area contributed by atoms with E-state index in [1.165, 1.54) is 0 Å². The Morgan fingerprint density at radius 2 is 2.00 bits per heavy atom. The Hall–Kier alpha value is -3.22. The normalized spacial score (nSPS) is 18.2. The van der Waals surface area contributed by atoms with Crippen LogP contribution in [-0.2, 0) is 11.3 Å². The van der Waals surface area contributed by atoms with E-state index in [0.717, 1.165) is 16.9 Å². The van der Waals surface area contributed by atoms with Gasteiger partial charge in [0.15, 0.2) is 6.61 Å². The smallest absolute Gasteiger partial charge is 0.318 e. The van der Waals surface area contributed by atoms with Gasteiger partial charge < -0.3 is 25.0 Å². The van der Waals surface area contributed by atoms with Gasteiger partial charge in [0.25, 0.3) is 5.91 Å². The molecule has 0 aromatic heterocycles. The number of carbonyl (C=O) groups excluding carboxylic acids is 2. The molecule has 0 spiro atoms. The number of urea groups is 1. The van der Waals surface area contributed by atoms with Crippen LogP contribution >= 0.6 is 0 Å². The summed E-state index contributed by atoms with van der Waals surface area (Å²) < 4.78 is 11.5. The van der Waals surface area contributed by atoms with E-state index < -0.39 is 5.60 Å². The quantitative estimate of drug-likeness (QED) is 0.816. The molecule has 2 aliphatic heterocycles. The molecule has 152 valence electrons. The maximum Gasteiger partial charge on any atom is 0.318 e. The monoisotopic (exact) mass is 395 g/mol. The first-order valence-electron chi connectivity index (χ1n) is 9.70. The second-order valence-electron chi connectivity index (χ2n) is 8.09. The van der Waals surface area contributed by atoms with Crippen LogP contribution in [0.25, 0.3) is 0 Å². The van der Waals surface area contributed by atoms with Gasteiger partial charge in [0.2, 0.25) is 0 Å². The molecule has 0 radical (unpaired) electrons. The largest absolute Gasteiger partial charge is 0.486 e. The Kier molecular flexibility index (Phi) is 4.82. The summed E-state index contributed by atoms with van der Waals surface area (Å²) >= 11 is 0. The van der Waals surface area contributed by atoms with Gasteiger partial charge in [-0.25, -0.2) is 4.79 Å². The molecule has 4 rings (SSSR count). The minimum Gasteiger partial charge on any atom is -0.486 e. The first kappa shape index (κ1) is 19.1. The third-order valence-electron chi connectivity index (χ3n) is 5.06. The molecule has 1 atom stereocenters. The summed E-state index contributed by atoms with van der Waals surface area (Å²) in [7, 11) is 0. The highest BCUT2D eigenvalue weighted by Gasteiger charge is 2.32. The van der Waals surface area contributed by atoms with Gasteiger partial charge in [-0.1, -0.05) is 24.3 Å². The van der Waals surface area contributed by atoms with Crippen molar-refractivity contribution in [2.75, 3.05) is 18.5 Å². The molecule has 2 N–H and O–H groups in total. The number of para-hydroxylation sites is 1. The molecule has 2 heterocycles. The number of anilines is 1. The Morgan fingerprint density at radius 3 is 2.83 bits per heavy atom. The first-order valence-corrected chi connectivity index (χ1v) is 9.70. The zero-order valence-electron chi connectivity index (χ0n) is 16.8. The Bertz CT molecular complexity index is 957. The molecule has 2 aromatic carbocycles. The van der Waals surface area contributed by atoms with Crippen molar-refractivity contribution in [3.8, 4) is 11.5 Å². The summed E-state index contributed by atoms with van der Waals surface area (Å²) in [5.41, 5.74) is 1.99. The number of rotatable bonds is 2. The van der Waals surface area contributed by atoms with Crippen LogP contribution in [0.3, 0.4) is 0 Å². The molecule has 7 heteroatoms. The number of ether oxygens (including phenoxy) is 2. The van der Waals surface area contributed by atoms with Crippen LogP contribution in [0.1, 0.15) is 37.9 Å². The summed E-state index contributed by atoms with van der Waals surface area (Å²) in [6.45, 7) is 6.84. The van der Waals surface area contributed by atoms with Crippen LogP contribution in [-0.4, -0.2) is 35.6 Å². The molecule has 0 fully saturated rings. The SMILES string of the molecule is CC(NC(=O)N1Cc2ccccc2OC(C)(C)C1)c1ccc2c(c1)NC(=O)CO2. The van der Waals surface area contributed by atoms with Gasteiger partial charge >= 0.3 is 6.03 Å². The van der Waals surface area contributed by atoms with Crippen molar-refractivity contribution in [1.29, 1.82) is 0 Å². The summed E-state index contributed by atoms with van der Waals surface area (Å²) in [6.07, 6.45) is 0. The van der Waals surface area contributed by atoms with Gasteiger partial charge in [0.05, 0.1) is 24.8 Å². The van der Waals surface area contributed by atoms with Gasteiger partial charge in [0.1, 0.15) is 17.1 Å². The average Bonchev–Trinajstić information content (AvgIpc) is 2.81. The molecule has 3 amide bonds. The van der Waals surface area contributed by atoms with Crippen molar-refractivity contribution < 1.29 is 19.1 Å². The van der Waals surface area contributed by atoms with E-state index in [1.807, 2.05) is 63.2 Å². The first-order chi connectivity index (χ1) is 13.8. The van der Waals surface area contributed by atoms with Crippen LogP contribution in [0.15, 0.2) is 42.5 Å². The van der Waals surface area contributed by atoms with E-state index >= 15 is 0 Å². The van der Waals surface area contributed by atoms with Crippen LogP contribution in [0.5, 0.6) is 11.5 Å². The number of carbonyl (C=O) groups is 2. The lowest BCUT2D eigenvalue weighted by molar-refractivity contribution is -0.118. The molecule has 0 aliphatic carbocycles. The van der Waals surface area contributed by atoms with Crippen LogP contribution in [0, 0.1) is 0 Å². The second kappa shape index (κ2) is 7.31. The fourth-order valence-electron chi connectivity index (χ4n) is 3.66. The molecule has 1 unspecified atom stereocenters. The van der Waals surface area contributed by atoms with E-state index in [9.17, 15) is 9.59 Å². The molecule has 2 aromatic rings. The molecular formula is C22H25N3O4. The molecular weight excluding hydrogens is 370 g/mol.